The molecule has 2 heterocycles. The summed E-state index contributed by atoms with van der Waals surface area (Å²) < 4.78 is 4.97. The van der Waals surface area contributed by atoms with Gasteiger partial charge in [0.05, 0.1) is 11.5 Å². The maximum absolute atomic E-state index is 5.74. The molecule has 0 saturated heterocycles. The average molecular weight is 371 g/mol. The fourth-order valence-electron chi connectivity index (χ4n) is 2.99. The monoisotopic (exact) mass is 370 g/mol. The van der Waals surface area contributed by atoms with Crippen LogP contribution < -0.4 is 5.32 Å². The maximum atomic E-state index is 5.74. The van der Waals surface area contributed by atoms with E-state index in [1.54, 1.807) is 11.3 Å². The zero-order chi connectivity index (χ0) is 17.4. The molecule has 0 bridgehead atoms. The number of aromatic nitrogens is 3. The third-order valence-electron chi connectivity index (χ3n) is 4.69. The van der Waals surface area contributed by atoms with Gasteiger partial charge in [0.15, 0.2) is 10.6 Å². The van der Waals surface area contributed by atoms with Crippen molar-refractivity contribution in [3.63, 3.8) is 0 Å². The van der Waals surface area contributed by atoms with Crippen LogP contribution in [0.15, 0.2) is 47.8 Å². The molecular formula is C19H22N4S2. The van der Waals surface area contributed by atoms with Crippen molar-refractivity contribution >= 4 is 23.6 Å². The van der Waals surface area contributed by atoms with Gasteiger partial charge in [-0.05, 0) is 55.9 Å². The minimum absolute atomic E-state index is 0.150. The molecule has 1 aromatic carbocycles. The molecule has 0 spiro atoms. The Labute approximate surface area is 157 Å². The van der Waals surface area contributed by atoms with Crippen molar-refractivity contribution in [1.29, 1.82) is 0 Å². The van der Waals surface area contributed by atoms with E-state index in [4.69, 9.17) is 17.3 Å². The summed E-state index contributed by atoms with van der Waals surface area (Å²) in [6.07, 6.45) is 2.39. The first kappa shape index (κ1) is 16.7. The zero-order valence-electron chi connectivity index (χ0n) is 14.5. The van der Waals surface area contributed by atoms with Crippen LogP contribution in [0.2, 0.25) is 0 Å². The standard InChI is InChI=1S/C19H22N4S2/c1-19(2,14-7-4-3-5-8-14)20-13-22-18(24)23(15-10-11-15)17(21-22)16-9-6-12-25-16/h3-9,12,15,20H,10-11,13H2,1-2H3. The van der Waals surface area contributed by atoms with Crippen LogP contribution in [-0.2, 0) is 12.2 Å². The van der Waals surface area contributed by atoms with Crippen LogP contribution in [0.25, 0.3) is 10.7 Å². The lowest BCUT2D eigenvalue weighted by molar-refractivity contribution is 0.343. The summed E-state index contributed by atoms with van der Waals surface area (Å²) in [6, 6.07) is 15.2. The van der Waals surface area contributed by atoms with E-state index in [0.717, 1.165) is 10.6 Å². The molecule has 0 atom stereocenters. The van der Waals surface area contributed by atoms with Crippen molar-refractivity contribution in [2.24, 2.45) is 0 Å². The van der Waals surface area contributed by atoms with Crippen molar-refractivity contribution in [2.45, 2.75) is 44.9 Å². The summed E-state index contributed by atoms with van der Waals surface area (Å²) in [6.45, 7) is 4.97. The Bertz CT molecular complexity index is 903. The second-order valence-electron chi connectivity index (χ2n) is 7.01. The van der Waals surface area contributed by atoms with Gasteiger partial charge in [-0.1, -0.05) is 36.4 Å². The number of nitrogens with one attached hydrogen (secondary N) is 1. The summed E-state index contributed by atoms with van der Waals surface area (Å²) >= 11 is 7.45. The highest BCUT2D eigenvalue weighted by atomic mass is 32.1. The highest BCUT2D eigenvalue weighted by Crippen LogP contribution is 2.39. The van der Waals surface area contributed by atoms with Crippen molar-refractivity contribution in [3.8, 4) is 10.7 Å². The molecule has 1 aliphatic carbocycles. The van der Waals surface area contributed by atoms with Crippen LogP contribution in [0.1, 0.15) is 38.3 Å². The van der Waals surface area contributed by atoms with Gasteiger partial charge in [0.25, 0.3) is 0 Å². The topological polar surface area (TPSA) is 34.8 Å². The van der Waals surface area contributed by atoms with Gasteiger partial charge in [0, 0.05) is 11.6 Å². The smallest absolute Gasteiger partial charge is 0.199 e. The molecule has 130 valence electrons. The Balaban J connectivity index is 1.61. The van der Waals surface area contributed by atoms with Gasteiger partial charge in [-0.15, -0.1) is 16.4 Å². The van der Waals surface area contributed by atoms with Gasteiger partial charge >= 0.3 is 0 Å². The maximum Gasteiger partial charge on any atom is 0.199 e. The van der Waals surface area contributed by atoms with Crippen LogP contribution in [-0.4, -0.2) is 14.3 Å². The minimum Gasteiger partial charge on any atom is -0.296 e. The van der Waals surface area contributed by atoms with E-state index in [2.05, 4.69) is 65.5 Å². The first-order chi connectivity index (χ1) is 12.1. The SMILES string of the molecule is CC(C)(NCn1nc(-c2cccs2)n(C2CC2)c1=S)c1ccccc1. The molecule has 1 aliphatic rings. The molecule has 3 aromatic rings. The molecule has 0 unspecified atom stereocenters. The highest BCUT2D eigenvalue weighted by molar-refractivity contribution is 7.71. The van der Waals surface area contributed by atoms with E-state index in [9.17, 15) is 0 Å². The molecule has 4 rings (SSSR count). The fraction of sp³-hybridized carbons (Fsp3) is 0.368. The lowest BCUT2D eigenvalue weighted by atomic mass is 9.95. The molecule has 1 fully saturated rings. The van der Waals surface area contributed by atoms with Crippen LogP contribution in [0.5, 0.6) is 0 Å². The van der Waals surface area contributed by atoms with E-state index in [-0.39, 0.29) is 5.54 Å². The minimum atomic E-state index is -0.150. The summed E-state index contributed by atoms with van der Waals surface area (Å²) in [5.41, 5.74) is 1.10. The van der Waals surface area contributed by atoms with E-state index in [1.165, 1.54) is 23.3 Å². The van der Waals surface area contributed by atoms with E-state index < -0.39 is 0 Å². The number of benzene rings is 1. The average Bonchev–Trinajstić information content (AvgIpc) is 3.18. The van der Waals surface area contributed by atoms with E-state index in [1.807, 2.05) is 10.7 Å². The first-order valence-corrected chi connectivity index (χ1v) is 9.89. The molecule has 0 amide bonds. The van der Waals surface area contributed by atoms with Gasteiger partial charge in [-0.25, -0.2) is 4.68 Å². The lowest BCUT2D eigenvalue weighted by Crippen LogP contribution is -2.38. The predicted octanol–water partition coefficient (Wildman–Crippen LogP) is 4.96. The Hall–Kier alpha value is -1.76. The molecule has 0 aliphatic heterocycles. The quantitative estimate of drug-likeness (QED) is 0.623. The van der Waals surface area contributed by atoms with Crippen LogP contribution in [0, 0.1) is 4.77 Å². The molecule has 4 nitrogen and oxygen atoms in total. The number of rotatable bonds is 6. The number of thiophene rings is 1. The Kier molecular flexibility index (Phi) is 4.35. The van der Waals surface area contributed by atoms with Gasteiger partial charge in [0.2, 0.25) is 0 Å². The number of nitrogens with zero attached hydrogens (tertiary/aromatic N) is 3. The molecular weight excluding hydrogens is 348 g/mol. The first-order valence-electron chi connectivity index (χ1n) is 8.60. The van der Waals surface area contributed by atoms with E-state index in [0.29, 0.717) is 12.7 Å². The van der Waals surface area contributed by atoms with Gasteiger partial charge < -0.3 is 0 Å². The van der Waals surface area contributed by atoms with Crippen molar-refractivity contribution in [3.05, 3.63) is 58.2 Å². The second-order valence-corrected chi connectivity index (χ2v) is 8.32. The van der Waals surface area contributed by atoms with Crippen molar-refractivity contribution in [1.82, 2.24) is 19.7 Å². The largest absolute Gasteiger partial charge is 0.296 e. The van der Waals surface area contributed by atoms with Gasteiger partial charge in [-0.3, -0.25) is 9.88 Å². The summed E-state index contributed by atoms with van der Waals surface area (Å²) in [5, 5.41) is 10.5. The molecule has 6 heteroatoms. The van der Waals surface area contributed by atoms with Gasteiger partial charge in [0.1, 0.15) is 0 Å². The summed E-state index contributed by atoms with van der Waals surface area (Å²) in [5.74, 6) is 1.00. The second kappa shape index (κ2) is 6.52. The Morgan fingerprint density at radius 1 is 1.20 bits per heavy atom. The third-order valence-corrected chi connectivity index (χ3v) is 5.96. The molecule has 1 N–H and O–H groups in total. The zero-order valence-corrected chi connectivity index (χ0v) is 16.1. The highest BCUT2D eigenvalue weighted by Gasteiger charge is 2.29. The van der Waals surface area contributed by atoms with Crippen molar-refractivity contribution < 1.29 is 0 Å². The normalized spacial score (nSPS) is 14.8. The fourth-order valence-corrected chi connectivity index (χ4v) is 4.03. The van der Waals surface area contributed by atoms with Crippen LogP contribution in [0.4, 0.5) is 0 Å². The summed E-state index contributed by atoms with van der Waals surface area (Å²) in [4.78, 5) is 1.18. The lowest BCUT2D eigenvalue weighted by Gasteiger charge is -2.26. The summed E-state index contributed by atoms with van der Waals surface area (Å²) in [7, 11) is 0. The van der Waals surface area contributed by atoms with Gasteiger partial charge in [-0.2, -0.15) is 0 Å². The number of hydrogen-bond donors (Lipinski definition) is 1. The van der Waals surface area contributed by atoms with Crippen LogP contribution in [0.3, 0.4) is 0 Å². The molecule has 2 aromatic heterocycles. The molecule has 0 radical (unpaired) electrons. The van der Waals surface area contributed by atoms with E-state index >= 15 is 0 Å². The third kappa shape index (κ3) is 3.34. The van der Waals surface area contributed by atoms with Crippen LogP contribution >= 0.6 is 23.6 Å². The predicted molar refractivity (Wildman–Crippen MR) is 105 cm³/mol. The Morgan fingerprint density at radius 2 is 1.96 bits per heavy atom. The number of hydrogen-bond acceptors (Lipinski definition) is 4. The van der Waals surface area contributed by atoms with Crippen molar-refractivity contribution in [2.75, 3.05) is 0 Å². The molecule has 1 saturated carbocycles. The Morgan fingerprint density at radius 3 is 2.60 bits per heavy atom. The molecule has 25 heavy (non-hydrogen) atoms.